The third-order valence-corrected chi connectivity index (χ3v) is 4.97. The topological polar surface area (TPSA) is 59.6 Å². The van der Waals surface area contributed by atoms with Crippen molar-refractivity contribution in [3.05, 3.63) is 29.8 Å². The van der Waals surface area contributed by atoms with Crippen molar-refractivity contribution in [2.24, 2.45) is 10.7 Å². The van der Waals surface area contributed by atoms with E-state index in [0.717, 1.165) is 31.0 Å². The molecule has 3 N–H and O–H groups in total. The summed E-state index contributed by atoms with van der Waals surface area (Å²) in [5, 5.41) is 2.60. The van der Waals surface area contributed by atoms with E-state index in [2.05, 4.69) is 10.3 Å². The maximum Gasteiger partial charge on any atom is 0.193 e. The Labute approximate surface area is 150 Å². The molecule has 4 nitrogen and oxygen atoms in total. The zero-order valence-corrected chi connectivity index (χ0v) is 15.4. The molecular weight excluding hydrogens is 423 g/mol. The highest BCUT2D eigenvalue weighted by molar-refractivity contribution is 14.0. The van der Waals surface area contributed by atoms with Crippen LogP contribution in [0.1, 0.15) is 12.8 Å². The van der Waals surface area contributed by atoms with Crippen molar-refractivity contribution < 1.29 is 13.5 Å². The second-order valence-corrected chi connectivity index (χ2v) is 6.22. The number of anilines is 1. The molecule has 1 aromatic carbocycles. The summed E-state index contributed by atoms with van der Waals surface area (Å²) in [6.45, 7) is 1.94. The van der Waals surface area contributed by atoms with Crippen LogP contribution < -0.4 is 11.1 Å². The summed E-state index contributed by atoms with van der Waals surface area (Å²) in [7, 11) is 0. The second-order valence-electron chi connectivity index (χ2n) is 4.95. The Kier molecular flexibility index (Phi) is 7.84. The largest absolute Gasteiger partial charge is 0.381 e. The first-order valence-electron chi connectivity index (χ1n) is 6.69. The van der Waals surface area contributed by atoms with Gasteiger partial charge in [0.05, 0.1) is 12.2 Å². The number of nitrogens with two attached hydrogens (primary N) is 1. The molecule has 0 aliphatic carbocycles. The summed E-state index contributed by atoms with van der Waals surface area (Å²) in [5.41, 5.74) is 5.75. The number of halogens is 3. The molecule has 0 unspecified atom stereocenters. The zero-order chi connectivity index (χ0) is 15.3. The van der Waals surface area contributed by atoms with Crippen molar-refractivity contribution in [3.8, 4) is 0 Å². The monoisotopic (exact) mass is 443 g/mol. The summed E-state index contributed by atoms with van der Waals surface area (Å²) in [4.78, 5) is 4.27. The van der Waals surface area contributed by atoms with E-state index in [0.29, 0.717) is 19.8 Å². The highest BCUT2D eigenvalue weighted by Crippen LogP contribution is 2.34. The highest BCUT2D eigenvalue weighted by atomic mass is 127. The first kappa shape index (κ1) is 19.4. The maximum atomic E-state index is 13.5. The molecule has 1 aromatic rings. The van der Waals surface area contributed by atoms with Crippen LogP contribution in [0.15, 0.2) is 23.2 Å². The zero-order valence-electron chi connectivity index (χ0n) is 12.3. The molecule has 0 amide bonds. The van der Waals surface area contributed by atoms with Crippen LogP contribution in [-0.4, -0.2) is 36.7 Å². The average molecular weight is 443 g/mol. The Bertz CT molecular complexity index is 525. The molecule has 0 aromatic heterocycles. The Morgan fingerprint density at radius 2 is 2.09 bits per heavy atom. The minimum Gasteiger partial charge on any atom is -0.381 e. The van der Waals surface area contributed by atoms with Gasteiger partial charge in [0.2, 0.25) is 0 Å². The van der Waals surface area contributed by atoms with Gasteiger partial charge in [-0.25, -0.2) is 8.78 Å². The Balaban J connectivity index is 0.00000242. The number of rotatable bonds is 4. The van der Waals surface area contributed by atoms with Gasteiger partial charge in [0.25, 0.3) is 0 Å². The van der Waals surface area contributed by atoms with Gasteiger partial charge in [-0.1, -0.05) is 0 Å². The van der Waals surface area contributed by atoms with Gasteiger partial charge in [-0.15, -0.1) is 24.0 Å². The van der Waals surface area contributed by atoms with E-state index in [1.54, 1.807) is 11.8 Å². The number of thioether (sulfide) groups is 1. The Hall–Kier alpha value is -0.610. The molecule has 1 fully saturated rings. The average Bonchev–Trinajstić information content (AvgIpc) is 2.50. The number of nitrogens with one attached hydrogen (secondary N) is 1. The molecule has 124 valence electrons. The van der Waals surface area contributed by atoms with Crippen molar-refractivity contribution in [2.75, 3.05) is 31.3 Å². The van der Waals surface area contributed by atoms with Gasteiger partial charge in [0.15, 0.2) is 5.96 Å². The van der Waals surface area contributed by atoms with E-state index in [1.165, 1.54) is 0 Å². The summed E-state index contributed by atoms with van der Waals surface area (Å²) in [6, 6.07) is 3.15. The van der Waals surface area contributed by atoms with Crippen LogP contribution in [0.2, 0.25) is 0 Å². The first-order valence-corrected chi connectivity index (χ1v) is 7.92. The molecule has 0 radical (unpaired) electrons. The fourth-order valence-electron chi connectivity index (χ4n) is 2.17. The van der Waals surface area contributed by atoms with E-state index < -0.39 is 11.6 Å². The van der Waals surface area contributed by atoms with Gasteiger partial charge >= 0.3 is 0 Å². The van der Waals surface area contributed by atoms with Crippen LogP contribution in [0.3, 0.4) is 0 Å². The number of nitrogens with zero attached hydrogens (tertiary/aromatic N) is 1. The molecule has 0 saturated carbocycles. The molecule has 0 atom stereocenters. The van der Waals surface area contributed by atoms with Crippen molar-refractivity contribution in [1.82, 2.24) is 0 Å². The van der Waals surface area contributed by atoms with Gasteiger partial charge < -0.3 is 15.8 Å². The van der Waals surface area contributed by atoms with E-state index >= 15 is 0 Å². The molecule has 2 rings (SSSR count). The normalized spacial score (nSPS) is 17.7. The predicted molar refractivity (Wildman–Crippen MR) is 98.2 cm³/mol. The van der Waals surface area contributed by atoms with Crippen LogP contribution in [0.5, 0.6) is 0 Å². The summed E-state index contributed by atoms with van der Waals surface area (Å²) in [5.74, 6) is -1.02. The Morgan fingerprint density at radius 1 is 1.41 bits per heavy atom. The quantitative estimate of drug-likeness (QED) is 0.427. The molecule has 0 spiro atoms. The van der Waals surface area contributed by atoms with E-state index in [-0.39, 0.29) is 40.4 Å². The minimum absolute atomic E-state index is 0. The first-order chi connectivity index (χ1) is 10.0. The second kappa shape index (κ2) is 8.88. The van der Waals surface area contributed by atoms with Gasteiger partial charge in [0, 0.05) is 24.0 Å². The van der Waals surface area contributed by atoms with Crippen LogP contribution in [0.4, 0.5) is 14.5 Å². The number of benzene rings is 1. The number of hydrogen-bond acceptors (Lipinski definition) is 3. The van der Waals surface area contributed by atoms with Crippen molar-refractivity contribution >= 4 is 47.4 Å². The van der Waals surface area contributed by atoms with E-state index in [1.807, 2.05) is 6.26 Å². The number of guanidine groups is 1. The lowest BCUT2D eigenvalue weighted by atomic mass is 9.99. The molecule has 0 bridgehead atoms. The van der Waals surface area contributed by atoms with Gasteiger partial charge in [0.1, 0.15) is 11.6 Å². The van der Waals surface area contributed by atoms with E-state index in [9.17, 15) is 8.78 Å². The van der Waals surface area contributed by atoms with Crippen LogP contribution >= 0.6 is 35.7 Å². The molecule has 8 heteroatoms. The van der Waals surface area contributed by atoms with Gasteiger partial charge in [-0.3, -0.25) is 4.99 Å². The predicted octanol–water partition coefficient (Wildman–Crippen LogP) is 3.22. The fourth-order valence-corrected chi connectivity index (χ4v) is 2.94. The summed E-state index contributed by atoms with van der Waals surface area (Å²) >= 11 is 1.74. The number of aliphatic imine (C=N–C) groups is 1. The summed E-state index contributed by atoms with van der Waals surface area (Å²) in [6.07, 6.45) is 3.84. The van der Waals surface area contributed by atoms with Crippen LogP contribution in [0.25, 0.3) is 0 Å². The minimum atomic E-state index is -0.569. The molecule has 1 saturated heterocycles. The molecule has 1 aliphatic rings. The standard InChI is InChI=1S/C14H19F2N3OS.HI/c1-21-14(4-6-20-7-5-14)9-18-13(17)19-12-8-10(15)2-3-11(12)16;/h2-3,8H,4-7,9H2,1H3,(H3,17,18,19);1H. The van der Waals surface area contributed by atoms with Crippen molar-refractivity contribution in [3.63, 3.8) is 0 Å². The number of ether oxygens (including phenoxy) is 1. The highest BCUT2D eigenvalue weighted by Gasteiger charge is 2.31. The van der Waals surface area contributed by atoms with Gasteiger partial charge in [-0.05, 0) is 31.2 Å². The van der Waals surface area contributed by atoms with Crippen LogP contribution in [0, 0.1) is 11.6 Å². The third-order valence-electron chi connectivity index (χ3n) is 3.57. The summed E-state index contributed by atoms with van der Waals surface area (Å²) < 4.78 is 32.0. The van der Waals surface area contributed by atoms with Gasteiger partial charge in [-0.2, -0.15) is 11.8 Å². The Morgan fingerprint density at radius 3 is 2.73 bits per heavy atom. The lowest BCUT2D eigenvalue weighted by Crippen LogP contribution is -2.37. The number of hydrogen-bond donors (Lipinski definition) is 2. The third kappa shape index (κ3) is 5.24. The lowest BCUT2D eigenvalue weighted by molar-refractivity contribution is 0.0794. The maximum absolute atomic E-state index is 13.5. The van der Waals surface area contributed by atoms with Crippen molar-refractivity contribution in [2.45, 2.75) is 17.6 Å². The van der Waals surface area contributed by atoms with Crippen LogP contribution in [-0.2, 0) is 4.74 Å². The lowest BCUT2D eigenvalue weighted by Gasteiger charge is -2.34. The molecular formula is C14H20F2IN3OS. The van der Waals surface area contributed by atoms with Crippen molar-refractivity contribution in [1.29, 1.82) is 0 Å². The molecule has 1 heterocycles. The van der Waals surface area contributed by atoms with E-state index in [4.69, 9.17) is 10.5 Å². The molecule has 22 heavy (non-hydrogen) atoms. The SMILES string of the molecule is CSC1(CN=C(N)Nc2cc(F)ccc2F)CCOCC1.I. The smallest absolute Gasteiger partial charge is 0.193 e. The molecule has 1 aliphatic heterocycles. The fraction of sp³-hybridized carbons (Fsp3) is 0.500.